The van der Waals surface area contributed by atoms with Gasteiger partial charge in [0.1, 0.15) is 12.6 Å². The van der Waals surface area contributed by atoms with Gasteiger partial charge in [-0.1, -0.05) is 30.3 Å². The first kappa shape index (κ1) is 18.5. The molecule has 5 nitrogen and oxygen atoms in total. The lowest BCUT2D eigenvalue weighted by atomic mass is 10.00. The summed E-state index contributed by atoms with van der Waals surface area (Å²) in [6, 6.07) is 11.0. The van der Waals surface area contributed by atoms with E-state index in [1.165, 1.54) is 0 Å². The maximum absolute atomic E-state index is 12.8. The van der Waals surface area contributed by atoms with E-state index in [4.69, 9.17) is 4.74 Å². The summed E-state index contributed by atoms with van der Waals surface area (Å²) in [5.41, 5.74) is 1.66. The molecule has 0 radical (unpaired) electrons. The number of benzene rings is 1. The Morgan fingerprint density at radius 2 is 1.96 bits per heavy atom. The van der Waals surface area contributed by atoms with E-state index in [2.05, 4.69) is 5.32 Å². The molecule has 6 heteroatoms. The second kappa shape index (κ2) is 7.50. The van der Waals surface area contributed by atoms with Crippen molar-refractivity contribution < 1.29 is 14.3 Å². The molecule has 0 fully saturated rings. The van der Waals surface area contributed by atoms with Crippen LogP contribution in [-0.4, -0.2) is 28.5 Å². The monoisotopic (exact) mass is 372 g/mol. The van der Waals surface area contributed by atoms with E-state index < -0.39 is 12.1 Å². The second-order valence-corrected chi connectivity index (χ2v) is 8.50. The molecule has 1 aliphatic heterocycles. The summed E-state index contributed by atoms with van der Waals surface area (Å²) in [6.07, 6.45) is 0.0646. The highest BCUT2D eigenvalue weighted by Crippen LogP contribution is 2.29. The van der Waals surface area contributed by atoms with Gasteiger partial charge < -0.3 is 10.1 Å². The van der Waals surface area contributed by atoms with Crippen molar-refractivity contribution in [2.45, 2.75) is 51.9 Å². The topological polar surface area (TPSA) is 58.6 Å². The standard InChI is InChI=1S/C20H24N2O3S/c1-20(2,3)21-18(23)16-11-17-15(9-10-26-17)12-22(16)19(24)25-13-14-7-5-4-6-8-14/h4-10,16H,11-13H2,1-3H3,(H,21,23)/t16-/m0/s1. The van der Waals surface area contributed by atoms with Crippen LogP contribution in [0.25, 0.3) is 0 Å². The highest BCUT2D eigenvalue weighted by Gasteiger charge is 2.37. The second-order valence-electron chi connectivity index (χ2n) is 7.50. The Labute approximate surface area is 158 Å². The molecule has 2 aromatic rings. The van der Waals surface area contributed by atoms with E-state index in [1.807, 2.05) is 62.5 Å². The predicted molar refractivity (Wildman–Crippen MR) is 102 cm³/mol. The number of carbonyl (C=O) groups is 2. The number of rotatable bonds is 3. The number of fused-ring (bicyclic) bond motifs is 1. The van der Waals surface area contributed by atoms with Gasteiger partial charge >= 0.3 is 6.09 Å². The Balaban J connectivity index is 1.74. The van der Waals surface area contributed by atoms with Crippen molar-refractivity contribution in [3.05, 3.63) is 57.8 Å². The van der Waals surface area contributed by atoms with Crippen LogP contribution in [0.2, 0.25) is 0 Å². The quantitative estimate of drug-likeness (QED) is 0.893. The van der Waals surface area contributed by atoms with Gasteiger partial charge in [-0.05, 0) is 43.3 Å². The minimum atomic E-state index is -0.552. The third kappa shape index (κ3) is 4.43. The van der Waals surface area contributed by atoms with Crippen LogP contribution in [-0.2, 0) is 29.1 Å². The highest BCUT2D eigenvalue weighted by atomic mass is 32.1. The minimum absolute atomic E-state index is 0.145. The number of thiophene rings is 1. The van der Waals surface area contributed by atoms with Crippen LogP contribution >= 0.6 is 11.3 Å². The summed E-state index contributed by atoms with van der Waals surface area (Å²) in [4.78, 5) is 28.2. The SMILES string of the molecule is CC(C)(C)NC(=O)[C@@H]1Cc2sccc2CN1C(=O)OCc1ccccc1. The highest BCUT2D eigenvalue weighted by molar-refractivity contribution is 7.10. The van der Waals surface area contributed by atoms with Crippen molar-refractivity contribution in [1.29, 1.82) is 0 Å². The van der Waals surface area contributed by atoms with Crippen LogP contribution in [0.1, 0.15) is 36.8 Å². The van der Waals surface area contributed by atoms with E-state index in [9.17, 15) is 9.59 Å². The fourth-order valence-corrected chi connectivity index (χ4v) is 3.88. The first-order valence-corrected chi connectivity index (χ1v) is 9.56. The van der Waals surface area contributed by atoms with E-state index in [0.717, 1.165) is 16.0 Å². The van der Waals surface area contributed by atoms with Gasteiger partial charge in [0, 0.05) is 16.8 Å². The summed E-state index contributed by atoms with van der Waals surface area (Å²) in [6.45, 7) is 6.39. The molecule has 3 rings (SSSR count). The Morgan fingerprint density at radius 1 is 1.23 bits per heavy atom. The number of carbonyl (C=O) groups excluding carboxylic acids is 2. The zero-order valence-electron chi connectivity index (χ0n) is 15.3. The largest absolute Gasteiger partial charge is 0.445 e. The molecule has 2 amide bonds. The maximum atomic E-state index is 12.8. The van der Waals surface area contributed by atoms with Gasteiger partial charge in [-0.2, -0.15) is 0 Å². The third-order valence-corrected chi connectivity index (χ3v) is 5.16. The maximum Gasteiger partial charge on any atom is 0.411 e. The summed E-state index contributed by atoms with van der Waals surface area (Å²) in [5.74, 6) is -0.145. The lowest BCUT2D eigenvalue weighted by Crippen LogP contribution is -2.55. The number of ether oxygens (including phenoxy) is 1. The molecular formula is C20H24N2O3S. The van der Waals surface area contributed by atoms with Crippen LogP contribution in [0.5, 0.6) is 0 Å². The third-order valence-electron chi connectivity index (χ3n) is 4.17. The molecule has 2 heterocycles. The zero-order valence-corrected chi connectivity index (χ0v) is 16.1. The Kier molecular flexibility index (Phi) is 5.32. The van der Waals surface area contributed by atoms with Crippen LogP contribution in [0.3, 0.4) is 0 Å². The minimum Gasteiger partial charge on any atom is -0.445 e. The van der Waals surface area contributed by atoms with Crippen LogP contribution in [0.4, 0.5) is 4.79 Å². The molecule has 26 heavy (non-hydrogen) atoms. The molecule has 1 N–H and O–H groups in total. The first-order valence-electron chi connectivity index (χ1n) is 8.68. The number of amides is 2. The van der Waals surface area contributed by atoms with E-state index in [-0.39, 0.29) is 18.1 Å². The van der Waals surface area contributed by atoms with Crippen molar-refractivity contribution in [2.24, 2.45) is 0 Å². The summed E-state index contributed by atoms with van der Waals surface area (Å²) < 4.78 is 5.48. The van der Waals surface area contributed by atoms with E-state index in [1.54, 1.807) is 16.2 Å². The van der Waals surface area contributed by atoms with Gasteiger partial charge in [-0.15, -0.1) is 11.3 Å². The average Bonchev–Trinajstić information content (AvgIpc) is 3.05. The molecule has 1 aromatic heterocycles. The van der Waals surface area contributed by atoms with E-state index in [0.29, 0.717) is 13.0 Å². The summed E-state index contributed by atoms with van der Waals surface area (Å²) in [7, 11) is 0. The molecule has 0 saturated heterocycles. The van der Waals surface area contributed by atoms with Crippen molar-refractivity contribution in [3.63, 3.8) is 0 Å². The molecule has 0 unspecified atom stereocenters. The van der Waals surface area contributed by atoms with Gasteiger partial charge in [0.15, 0.2) is 0 Å². The van der Waals surface area contributed by atoms with Crippen molar-refractivity contribution in [1.82, 2.24) is 10.2 Å². The lowest BCUT2D eigenvalue weighted by molar-refractivity contribution is -0.128. The van der Waals surface area contributed by atoms with Crippen LogP contribution in [0, 0.1) is 0 Å². The van der Waals surface area contributed by atoms with Gasteiger partial charge in [0.25, 0.3) is 0 Å². The van der Waals surface area contributed by atoms with Gasteiger partial charge in [-0.3, -0.25) is 9.69 Å². The number of nitrogens with one attached hydrogen (secondary N) is 1. The molecule has 0 bridgehead atoms. The van der Waals surface area contributed by atoms with Crippen molar-refractivity contribution in [2.75, 3.05) is 0 Å². The van der Waals surface area contributed by atoms with Gasteiger partial charge in [-0.25, -0.2) is 4.79 Å². The molecule has 0 aliphatic carbocycles. The molecular weight excluding hydrogens is 348 g/mol. The fourth-order valence-electron chi connectivity index (χ4n) is 2.95. The Hall–Kier alpha value is -2.34. The van der Waals surface area contributed by atoms with Gasteiger partial charge in [0.05, 0.1) is 6.54 Å². The van der Waals surface area contributed by atoms with E-state index >= 15 is 0 Å². The number of nitrogens with zero attached hydrogens (tertiary/aromatic N) is 1. The lowest BCUT2D eigenvalue weighted by Gasteiger charge is -2.35. The van der Waals surface area contributed by atoms with Crippen molar-refractivity contribution in [3.8, 4) is 0 Å². The van der Waals surface area contributed by atoms with Crippen LogP contribution < -0.4 is 5.32 Å². The molecule has 1 aliphatic rings. The summed E-state index contributed by atoms with van der Waals surface area (Å²) >= 11 is 1.63. The van der Waals surface area contributed by atoms with Crippen molar-refractivity contribution >= 4 is 23.3 Å². The predicted octanol–water partition coefficient (Wildman–Crippen LogP) is 3.73. The smallest absolute Gasteiger partial charge is 0.411 e. The fraction of sp³-hybridized carbons (Fsp3) is 0.400. The Morgan fingerprint density at radius 3 is 2.65 bits per heavy atom. The molecule has 1 atom stereocenters. The first-order chi connectivity index (χ1) is 12.3. The number of hydrogen-bond donors (Lipinski definition) is 1. The number of hydrogen-bond acceptors (Lipinski definition) is 4. The Bertz CT molecular complexity index is 780. The molecule has 1 aromatic carbocycles. The normalized spacial score (nSPS) is 16.7. The average molecular weight is 372 g/mol. The summed E-state index contributed by atoms with van der Waals surface area (Å²) in [5, 5.41) is 4.99. The molecule has 0 spiro atoms. The molecule has 138 valence electrons. The molecule has 0 saturated carbocycles. The van der Waals surface area contributed by atoms with Gasteiger partial charge in [0.2, 0.25) is 5.91 Å². The van der Waals surface area contributed by atoms with Crippen LogP contribution in [0.15, 0.2) is 41.8 Å². The zero-order chi connectivity index (χ0) is 18.7.